The molecule has 0 aliphatic carbocycles. The van der Waals surface area contributed by atoms with E-state index >= 15 is 0 Å². The van der Waals surface area contributed by atoms with Gasteiger partial charge in [0.25, 0.3) is 0 Å². The number of hydrogen-bond donors (Lipinski definition) is 2. The molecular formula is C16H16N2OS2. The maximum Gasteiger partial charge on any atom is 0.234 e. The SMILES string of the molecule is CSc1ccc(CNc2ccc3c(c2)NC(=O)CS3)cc1. The molecule has 0 aromatic heterocycles. The summed E-state index contributed by atoms with van der Waals surface area (Å²) in [7, 11) is 0. The Balaban J connectivity index is 1.67. The first-order chi connectivity index (χ1) is 10.2. The minimum absolute atomic E-state index is 0.0669. The quantitative estimate of drug-likeness (QED) is 0.835. The molecule has 21 heavy (non-hydrogen) atoms. The van der Waals surface area contributed by atoms with Crippen molar-refractivity contribution in [2.75, 3.05) is 22.6 Å². The second-order valence-electron chi connectivity index (χ2n) is 4.75. The van der Waals surface area contributed by atoms with Gasteiger partial charge in [-0.15, -0.1) is 23.5 Å². The number of carbonyl (C=O) groups is 1. The van der Waals surface area contributed by atoms with Gasteiger partial charge < -0.3 is 10.6 Å². The van der Waals surface area contributed by atoms with Gasteiger partial charge >= 0.3 is 0 Å². The predicted octanol–water partition coefficient (Wildman–Crippen LogP) is 4.06. The number of fused-ring (bicyclic) bond motifs is 1. The van der Waals surface area contributed by atoms with Crippen molar-refractivity contribution in [3.8, 4) is 0 Å². The molecule has 0 bridgehead atoms. The molecule has 0 fully saturated rings. The number of rotatable bonds is 4. The third kappa shape index (κ3) is 3.54. The fourth-order valence-corrected chi connectivity index (χ4v) is 3.34. The predicted molar refractivity (Wildman–Crippen MR) is 91.3 cm³/mol. The smallest absolute Gasteiger partial charge is 0.234 e. The summed E-state index contributed by atoms with van der Waals surface area (Å²) in [6.07, 6.45) is 2.08. The minimum atomic E-state index is 0.0669. The lowest BCUT2D eigenvalue weighted by Gasteiger charge is -2.17. The molecular weight excluding hydrogens is 300 g/mol. The monoisotopic (exact) mass is 316 g/mol. The Morgan fingerprint density at radius 2 is 2.05 bits per heavy atom. The molecule has 2 N–H and O–H groups in total. The minimum Gasteiger partial charge on any atom is -0.381 e. The summed E-state index contributed by atoms with van der Waals surface area (Å²) in [4.78, 5) is 13.8. The summed E-state index contributed by atoms with van der Waals surface area (Å²) in [6.45, 7) is 0.772. The van der Waals surface area contributed by atoms with Crippen LogP contribution in [-0.4, -0.2) is 17.9 Å². The van der Waals surface area contributed by atoms with Crippen LogP contribution in [0.15, 0.2) is 52.3 Å². The second kappa shape index (κ2) is 6.45. The average Bonchev–Trinajstić information content (AvgIpc) is 2.53. The van der Waals surface area contributed by atoms with Crippen molar-refractivity contribution in [2.24, 2.45) is 0 Å². The lowest BCUT2D eigenvalue weighted by Crippen LogP contribution is -2.18. The molecule has 0 unspecified atom stereocenters. The number of benzene rings is 2. The first kappa shape index (κ1) is 14.4. The molecule has 0 saturated heterocycles. The van der Waals surface area contributed by atoms with E-state index in [1.165, 1.54) is 10.5 Å². The topological polar surface area (TPSA) is 41.1 Å². The molecule has 0 saturated carbocycles. The summed E-state index contributed by atoms with van der Waals surface area (Å²) in [5, 5.41) is 6.31. The Bertz CT molecular complexity index is 656. The first-order valence-electron chi connectivity index (χ1n) is 6.68. The summed E-state index contributed by atoms with van der Waals surface area (Å²) in [5.74, 6) is 0.569. The van der Waals surface area contributed by atoms with Gasteiger partial charge in [0, 0.05) is 22.0 Å². The Morgan fingerprint density at radius 3 is 2.81 bits per heavy atom. The molecule has 108 valence electrons. The van der Waals surface area contributed by atoms with Crippen LogP contribution in [0.4, 0.5) is 11.4 Å². The summed E-state index contributed by atoms with van der Waals surface area (Å²) in [6, 6.07) is 14.6. The third-order valence-electron chi connectivity index (χ3n) is 3.27. The number of anilines is 2. The highest BCUT2D eigenvalue weighted by Gasteiger charge is 2.15. The van der Waals surface area contributed by atoms with Crippen LogP contribution in [0.3, 0.4) is 0 Å². The van der Waals surface area contributed by atoms with Crippen molar-refractivity contribution in [2.45, 2.75) is 16.3 Å². The van der Waals surface area contributed by atoms with Gasteiger partial charge in [-0.05, 0) is 42.2 Å². The van der Waals surface area contributed by atoms with E-state index in [0.717, 1.165) is 22.8 Å². The van der Waals surface area contributed by atoms with E-state index in [2.05, 4.69) is 53.3 Å². The zero-order chi connectivity index (χ0) is 14.7. The lowest BCUT2D eigenvalue weighted by molar-refractivity contribution is -0.113. The van der Waals surface area contributed by atoms with Crippen LogP contribution in [-0.2, 0) is 11.3 Å². The van der Waals surface area contributed by atoms with Gasteiger partial charge in [0.15, 0.2) is 0 Å². The van der Waals surface area contributed by atoms with Crippen LogP contribution < -0.4 is 10.6 Å². The summed E-state index contributed by atoms with van der Waals surface area (Å²) < 4.78 is 0. The Morgan fingerprint density at radius 1 is 1.24 bits per heavy atom. The van der Waals surface area contributed by atoms with Crippen molar-refractivity contribution in [1.29, 1.82) is 0 Å². The fourth-order valence-electron chi connectivity index (χ4n) is 2.14. The molecule has 2 aromatic rings. The highest BCUT2D eigenvalue weighted by molar-refractivity contribution is 8.00. The molecule has 1 aliphatic heterocycles. The molecule has 1 heterocycles. The van der Waals surface area contributed by atoms with Crippen molar-refractivity contribution in [1.82, 2.24) is 0 Å². The van der Waals surface area contributed by atoms with Crippen LogP contribution in [0.1, 0.15) is 5.56 Å². The average molecular weight is 316 g/mol. The number of amides is 1. The van der Waals surface area contributed by atoms with Crippen LogP contribution in [0.5, 0.6) is 0 Å². The Labute approximate surface area is 132 Å². The second-order valence-corrected chi connectivity index (χ2v) is 6.65. The largest absolute Gasteiger partial charge is 0.381 e. The first-order valence-corrected chi connectivity index (χ1v) is 8.89. The van der Waals surface area contributed by atoms with E-state index in [1.54, 1.807) is 23.5 Å². The summed E-state index contributed by atoms with van der Waals surface area (Å²) in [5.41, 5.74) is 3.16. The van der Waals surface area contributed by atoms with Crippen molar-refractivity contribution < 1.29 is 4.79 Å². The summed E-state index contributed by atoms with van der Waals surface area (Å²) >= 11 is 3.33. The van der Waals surface area contributed by atoms with Crippen LogP contribution in [0.25, 0.3) is 0 Å². The van der Waals surface area contributed by atoms with E-state index in [9.17, 15) is 4.79 Å². The zero-order valence-electron chi connectivity index (χ0n) is 11.7. The van der Waals surface area contributed by atoms with Crippen molar-refractivity contribution in [3.63, 3.8) is 0 Å². The van der Waals surface area contributed by atoms with Crippen LogP contribution in [0.2, 0.25) is 0 Å². The molecule has 2 aromatic carbocycles. The molecule has 3 nitrogen and oxygen atoms in total. The van der Waals surface area contributed by atoms with E-state index in [0.29, 0.717) is 5.75 Å². The van der Waals surface area contributed by atoms with Crippen LogP contribution in [0, 0.1) is 0 Å². The number of carbonyl (C=O) groups excluding carboxylic acids is 1. The molecule has 1 aliphatic rings. The highest BCUT2D eigenvalue weighted by atomic mass is 32.2. The molecule has 5 heteroatoms. The molecule has 3 rings (SSSR count). The number of hydrogen-bond acceptors (Lipinski definition) is 4. The van der Waals surface area contributed by atoms with Crippen molar-refractivity contribution in [3.05, 3.63) is 48.0 Å². The van der Waals surface area contributed by atoms with Crippen LogP contribution >= 0.6 is 23.5 Å². The molecule has 0 radical (unpaired) electrons. The van der Waals surface area contributed by atoms with Gasteiger partial charge in [0.1, 0.15) is 0 Å². The van der Waals surface area contributed by atoms with Gasteiger partial charge in [-0.1, -0.05) is 12.1 Å². The Kier molecular flexibility index (Phi) is 4.41. The zero-order valence-corrected chi connectivity index (χ0v) is 13.3. The normalized spacial score (nSPS) is 13.5. The van der Waals surface area contributed by atoms with Gasteiger partial charge in [0.2, 0.25) is 5.91 Å². The third-order valence-corrected chi connectivity index (χ3v) is 5.09. The van der Waals surface area contributed by atoms with Crippen molar-refractivity contribution >= 4 is 40.8 Å². The van der Waals surface area contributed by atoms with Gasteiger partial charge in [-0.3, -0.25) is 4.79 Å². The number of nitrogens with one attached hydrogen (secondary N) is 2. The molecule has 0 atom stereocenters. The van der Waals surface area contributed by atoms with E-state index in [-0.39, 0.29) is 5.91 Å². The number of thioether (sulfide) groups is 2. The van der Waals surface area contributed by atoms with E-state index in [1.807, 2.05) is 6.07 Å². The van der Waals surface area contributed by atoms with Gasteiger partial charge in [-0.2, -0.15) is 0 Å². The Hall–Kier alpha value is -1.59. The highest BCUT2D eigenvalue weighted by Crippen LogP contribution is 2.33. The molecule has 0 spiro atoms. The van der Waals surface area contributed by atoms with Gasteiger partial charge in [0.05, 0.1) is 11.4 Å². The van der Waals surface area contributed by atoms with E-state index in [4.69, 9.17) is 0 Å². The lowest BCUT2D eigenvalue weighted by atomic mass is 10.2. The van der Waals surface area contributed by atoms with Gasteiger partial charge in [-0.25, -0.2) is 0 Å². The maximum atomic E-state index is 11.4. The molecule has 1 amide bonds. The fraction of sp³-hybridized carbons (Fsp3) is 0.188. The maximum absolute atomic E-state index is 11.4. The standard InChI is InChI=1S/C16H16N2OS2/c1-20-13-5-2-11(3-6-13)9-17-12-4-7-15-14(8-12)18-16(19)10-21-15/h2-8,17H,9-10H2,1H3,(H,18,19). The van der Waals surface area contributed by atoms with E-state index < -0.39 is 0 Å².